The summed E-state index contributed by atoms with van der Waals surface area (Å²) in [5.41, 5.74) is -1.65. The van der Waals surface area contributed by atoms with Crippen LogP contribution < -0.4 is 4.74 Å². The molecule has 0 radical (unpaired) electrons. The molecule has 0 N–H and O–H groups in total. The average molecular weight is 462 g/mol. The lowest BCUT2D eigenvalue weighted by molar-refractivity contribution is -0.137. The Kier molecular flexibility index (Phi) is 5.08. The Labute approximate surface area is 173 Å². The Morgan fingerprint density at radius 1 is 1.03 bits per heavy atom. The van der Waals surface area contributed by atoms with E-state index in [2.05, 4.69) is 0 Å². The summed E-state index contributed by atoms with van der Waals surface area (Å²) >= 11 is 0. The minimum Gasteiger partial charge on any atom is -0.490 e. The van der Waals surface area contributed by atoms with Crippen LogP contribution in [0, 0.1) is 17.6 Å². The number of benzene rings is 2. The Balaban J connectivity index is 1.98. The topological polar surface area (TPSA) is 69.7 Å². The van der Waals surface area contributed by atoms with Crippen LogP contribution in [0.3, 0.4) is 0 Å². The zero-order valence-corrected chi connectivity index (χ0v) is 16.5. The number of rotatable bonds is 3. The standard InChI is InChI=1S/C20H15F5O5S/c21-14-5-6-15(22)18-17(14)19(7-8-29-16(9-26)13(19)10-30-18)31(27,28)12-3-1-11(2-4-12)20(23,24)25/h1-6,9,13,16H,7-8,10H2/t13-,16-,19-/m0/s1. The maximum atomic E-state index is 15.0. The summed E-state index contributed by atoms with van der Waals surface area (Å²) in [5, 5.41) is 0. The highest BCUT2D eigenvalue weighted by Crippen LogP contribution is 2.55. The number of alkyl halides is 3. The fourth-order valence-electron chi connectivity index (χ4n) is 4.33. The molecule has 0 unspecified atom stereocenters. The van der Waals surface area contributed by atoms with Crippen molar-refractivity contribution in [2.24, 2.45) is 5.92 Å². The SMILES string of the molecule is O=C[C@@H]1OCC[C@@]2(S(=O)(=O)c3ccc(C(F)(F)F)cc3)c3c(F)ccc(F)c3OC[C@@H]12. The number of carbonyl (C=O) groups is 1. The number of aldehydes is 1. The van der Waals surface area contributed by atoms with E-state index in [4.69, 9.17) is 9.47 Å². The molecule has 0 spiro atoms. The maximum Gasteiger partial charge on any atom is 0.416 e. The molecule has 0 aromatic heterocycles. The van der Waals surface area contributed by atoms with E-state index in [0.717, 1.165) is 24.3 Å². The fraction of sp³-hybridized carbons (Fsp3) is 0.350. The smallest absolute Gasteiger partial charge is 0.416 e. The van der Waals surface area contributed by atoms with Crippen molar-refractivity contribution in [3.63, 3.8) is 0 Å². The molecule has 11 heteroatoms. The lowest BCUT2D eigenvalue weighted by Crippen LogP contribution is -2.58. The van der Waals surface area contributed by atoms with Crippen LogP contribution in [0.2, 0.25) is 0 Å². The number of halogens is 5. The molecule has 1 fully saturated rings. The van der Waals surface area contributed by atoms with Gasteiger partial charge < -0.3 is 14.3 Å². The highest BCUT2D eigenvalue weighted by Gasteiger charge is 2.61. The molecule has 2 aromatic carbocycles. The molecule has 1 saturated heterocycles. The Morgan fingerprint density at radius 2 is 1.68 bits per heavy atom. The van der Waals surface area contributed by atoms with Gasteiger partial charge in [-0.25, -0.2) is 17.2 Å². The van der Waals surface area contributed by atoms with Crippen molar-refractivity contribution in [3.05, 3.63) is 59.2 Å². The second-order valence-corrected chi connectivity index (χ2v) is 9.49. The second-order valence-electron chi connectivity index (χ2n) is 7.29. The van der Waals surface area contributed by atoms with Crippen LogP contribution in [-0.4, -0.2) is 34.0 Å². The van der Waals surface area contributed by atoms with E-state index in [1.807, 2.05) is 0 Å². The van der Waals surface area contributed by atoms with Crippen LogP contribution in [0.15, 0.2) is 41.3 Å². The van der Waals surface area contributed by atoms with Crippen LogP contribution in [-0.2, 0) is 30.3 Å². The van der Waals surface area contributed by atoms with E-state index in [1.54, 1.807) is 0 Å². The summed E-state index contributed by atoms with van der Waals surface area (Å²) in [6.45, 7) is -0.730. The molecule has 3 atom stereocenters. The molecule has 5 nitrogen and oxygen atoms in total. The third kappa shape index (κ3) is 3.13. The second kappa shape index (κ2) is 7.27. The van der Waals surface area contributed by atoms with Gasteiger partial charge in [-0.05, 0) is 42.8 Å². The van der Waals surface area contributed by atoms with Crippen molar-refractivity contribution in [2.45, 2.75) is 28.3 Å². The first kappa shape index (κ1) is 21.7. The summed E-state index contributed by atoms with van der Waals surface area (Å²) in [5.74, 6) is -3.90. The molecular formula is C20H15F5O5S. The van der Waals surface area contributed by atoms with Gasteiger partial charge in [-0.15, -0.1) is 0 Å². The van der Waals surface area contributed by atoms with Gasteiger partial charge in [0.1, 0.15) is 23.0 Å². The largest absolute Gasteiger partial charge is 0.490 e. The van der Waals surface area contributed by atoms with Crippen molar-refractivity contribution in [3.8, 4) is 5.75 Å². The van der Waals surface area contributed by atoms with Crippen molar-refractivity contribution in [1.82, 2.24) is 0 Å². The minimum absolute atomic E-state index is 0.269. The molecule has 0 saturated carbocycles. The van der Waals surface area contributed by atoms with Crippen molar-refractivity contribution in [1.29, 1.82) is 0 Å². The van der Waals surface area contributed by atoms with E-state index in [-0.39, 0.29) is 13.0 Å². The average Bonchev–Trinajstić information content (AvgIpc) is 2.74. The number of carbonyl (C=O) groups excluding carboxylic acids is 1. The van der Waals surface area contributed by atoms with Crippen LogP contribution >= 0.6 is 0 Å². The van der Waals surface area contributed by atoms with Gasteiger partial charge in [0.25, 0.3) is 0 Å². The summed E-state index contributed by atoms with van der Waals surface area (Å²) in [6.07, 6.45) is -5.98. The van der Waals surface area contributed by atoms with Gasteiger partial charge in [-0.2, -0.15) is 13.2 Å². The molecule has 2 aliphatic heterocycles. The number of sulfone groups is 1. The Hall–Kier alpha value is -2.53. The Morgan fingerprint density at radius 3 is 2.29 bits per heavy atom. The number of fused-ring (bicyclic) bond motifs is 3. The first-order chi connectivity index (χ1) is 14.5. The van der Waals surface area contributed by atoms with Gasteiger partial charge in [-0.3, -0.25) is 0 Å². The van der Waals surface area contributed by atoms with E-state index in [0.29, 0.717) is 18.4 Å². The van der Waals surface area contributed by atoms with Crippen LogP contribution in [0.1, 0.15) is 17.5 Å². The van der Waals surface area contributed by atoms with Crippen molar-refractivity contribution >= 4 is 16.1 Å². The lowest BCUT2D eigenvalue weighted by Gasteiger charge is -2.48. The molecule has 2 aliphatic rings. The van der Waals surface area contributed by atoms with Crippen LogP contribution in [0.4, 0.5) is 22.0 Å². The molecule has 0 amide bonds. The molecule has 31 heavy (non-hydrogen) atoms. The molecule has 0 aliphatic carbocycles. The van der Waals surface area contributed by atoms with Gasteiger partial charge in [0, 0.05) is 6.61 Å². The normalized spacial score (nSPS) is 25.8. The molecule has 4 rings (SSSR count). The predicted molar refractivity (Wildman–Crippen MR) is 96.1 cm³/mol. The highest BCUT2D eigenvalue weighted by atomic mass is 32.2. The molecule has 2 aromatic rings. The third-order valence-corrected chi connectivity index (χ3v) is 8.34. The number of hydrogen-bond donors (Lipinski definition) is 0. The number of ether oxygens (including phenoxy) is 2. The molecule has 2 heterocycles. The van der Waals surface area contributed by atoms with Gasteiger partial charge in [0.05, 0.1) is 28.5 Å². The summed E-state index contributed by atoms with van der Waals surface area (Å²) in [6, 6.07) is 4.25. The molecule has 0 bridgehead atoms. The Bertz CT molecular complexity index is 1130. The van der Waals surface area contributed by atoms with E-state index >= 15 is 0 Å². The molecule has 166 valence electrons. The van der Waals surface area contributed by atoms with Gasteiger partial charge in [-0.1, -0.05) is 0 Å². The first-order valence-electron chi connectivity index (χ1n) is 9.14. The maximum absolute atomic E-state index is 15.0. The van der Waals surface area contributed by atoms with Crippen molar-refractivity contribution < 1.29 is 44.6 Å². The quantitative estimate of drug-likeness (QED) is 0.515. The van der Waals surface area contributed by atoms with Crippen LogP contribution in [0.25, 0.3) is 0 Å². The zero-order chi connectivity index (χ0) is 22.6. The molecular weight excluding hydrogens is 447 g/mol. The highest BCUT2D eigenvalue weighted by molar-refractivity contribution is 7.92. The zero-order valence-electron chi connectivity index (χ0n) is 15.7. The van der Waals surface area contributed by atoms with Gasteiger partial charge >= 0.3 is 6.18 Å². The fourth-order valence-corrected chi connectivity index (χ4v) is 6.66. The van der Waals surface area contributed by atoms with Gasteiger partial charge in [0.15, 0.2) is 21.4 Å². The van der Waals surface area contributed by atoms with E-state index in [9.17, 15) is 35.2 Å². The third-order valence-electron chi connectivity index (χ3n) is 5.77. The minimum atomic E-state index is -4.69. The predicted octanol–water partition coefficient (Wildman–Crippen LogP) is 3.65. The number of hydrogen-bond acceptors (Lipinski definition) is 5. The van der Waals surface area contributed by atoms with Crippen molar-refractivity contribution in [2.75, 3.05) is 13.2 Å². The van der Waals surface area contributed by atoms with E-state index < -0.39 is 72.8 Å². The van der Waals surface area contributed by atoms with Crippen LogP contribution in [0.5, 0.6) is 5.75 Å². The van der Waals surface area contributed by atoms with E-state index in [1.165, 1.54) is 0 Å². The first-order valence-corrected chi connectivity index (χ1v) is 10.6. The summed E-state index contributed by atoms with van der Waals surface area (Å²) in [4.78, 5) is 11.1. The summed E-state index contributed by atoms with van der Waals surface area (Å²) < 4.78 is 104. The van der Waals surface area contributed by atoms with Gasteiger partial charge in [0.2, 0.25) is 0 Å². The monoisotopic (exact) mass is 462 g/mol. The lowest BCUT2D eigenvalue weighted by atomic mass is 9.76. The summed E-state index contributed by atoms with van der Waals surface area (Å²) in [7, 11) is -4.63.